The van der Waals surface area contributed by atoms with Crippen LogP contribution in [0.5, 0.6) is 5.75 Å². The SMILES string of the molecule is C=C1C=C(C)C(C)(C)C/C1=C(/N=C\C)N1CCOc2ccc(-c3cnc4nc(C)[nH]c4c3)cc2C1. The monoisotopic (exact) mass is 467 g/mol. The van der Waals surface area contributed by atoms with E-state index in [1.807, 2.05) is 26.3 Å². The Bertz CT molecular complexity index is 1410. The van der Waals surface area contributed by atoms with Gasteiger partial charge < -0.3 is 14.6 Å². The first-order chi connectivity index (χ1) is 16.7. The number of fused-ring (bicyclic) bond motifs is 2. The summed E-state index contributed by atoms with van der Waals surface area (Å²) in [6.45, 7) is 17.1. The first kappa shape index (κ1) is 23.1. The van der Waals surface area contributed by atoms with Crippen molar-refractivity contribution >= 4 is 17.4 Å². The van der Waals surface area contributed by atoms with E-state index in [-0.39, 0.29) is 5.41 Å². The van der Waals surface area contributed by atoms with Crippen LogP contribution in [0.2, 0.25) is 0 Å². The number of benzene rings is 1. The van der Waals surface area contributed by atoms with Crippen molar-refractivity contribution < 1.29 is 4.74 Å². The number of rotatable bonds is 3. The summed E-state index contributed by atoms with van der Waals surface area (Å²) in [5.41, 5.74) is 8.67. The van der Waals surface area contributed by atoms with Crippen LogP contribution >= 0.6 is 0 Å². The fourth-order valence-corrected chi connectivity index (χ4v) is 4.87. The van der Waals surface area contributed by atoms with Crippen molar-refractivity contribution in [3.8, 4) is 16.9 Å². The van der Waals surface area contributed by atoms with E-state index in [9.17, 15) is 0 Å². The van der Waals surface area contributed by atoms with E-state index in [1.54, 1.807) is 0 Å². The molecule has 0 saturated carbocycles. The fraction of sp³-hybridized carbons (Fsp3) is 0.345. The smallest absolute Gasteiger partial charge is 0.177 e. The molecule has 1 aromatic carbocycles. The molecule has 1 aliphatic heterocycles. The van der Waals surface area contributed by atoms with Gasteiger partial charge in [-0.1, -0.05) is 38.1 Å². The number of hydrogen-bond donors (Lipinski definition) is 1. The van der Waals surface area contributed by atoms with Gasteiger partial charge in [0.15, 0.2) is 5.65 Å². The van der Waals surface area contributed by atoms with Crippen LogP contribution in [0.25, 0.3) is 22.3 Å². The topological polar surface area (TPSA) is 66.4 Å². The van der Waals surface area contributed by atoms with Crippen LogP contribution in [0, 0.1) is 12.3 Å². The summed E-state index contributed by atoms with van der Waals surface area (Å²) in [4.78, 5) is 19.4. The second-order valence-electron chi connectivity index (χ2n) is 10.1. The highest BCUT2D eigenvalue weighted by molar-refractivity contribution is 5.78. The van der Waals surface area contributed by atoms with Gasteiger partial charge in [0.25, 0.3) is 0 Å². The van der Waals surface area contributed by atoms with E-state index >= 15 is 0 Å². The number of imidazole rings is 1. The molecule has 180 valence electrons. The van der Waals surface area contributed by atoms with Crippen molar-refractivity contribution in [3.05, 3.63) is 77.0 Å². The van der Waals surface area contributed by atoms with E-state index in [4.69, 9.17) is 9.73 Å². The van der Waals surface area contributed by atoms with E-state index in [0.29, 0.717) is 13.2 Å². The Morgan fingerprint density at radius 3 is 2.86 bits per heavy atom. The predicted molar refractivity (Wildman–Crippen MR) is 142 cm³/mol. The molecule has 1 N–H and O–H groups in total. The van der Waals surface area contributed by atoms with E-state index in [1.165, 1.54) is 11.1 Å². The Morgan fingerprint density at radius 2 is 2.06 bits per heavy atom. The molecule has 35 heavy (non-hydrogen) atoms. The molecular formula is C29H33N5O. The summed E-state index contributed by atoms with van der Waals surface area (Å²) in [6, 6.07) is 8.49. The van der Waals surface area contributed by atoms with Crippen molar-refractivity contribution in [1.29, 1.82) is 0 Å². The highest BCUT2D eigenvalue weighted by atomic mass is 16.5. The summed E-state index contributed by atoms with van der Waals surface area (Å²) in [7, 11) is 0. The molecule has 0 spiro atoms. The summed E-state index contributed by atoms with van der Waals surface area (Å²) in [6.07, 6.45) is 6.90. The summed E-state index contributed by atoms with van der Waals surface area (Å²) in [5.74, 6) is 2.78. The summed E-state index contributed by atoms with van der Waals surface area (Å²) in [5, 5.41) is 0. The van der Waals surface area contributed by atoms with Crippen LogP contribution in [0.4, 0.5) is 0 Å². The van der Waals surface area contributed by atoms with Gasteiger partial charge in [0.05, 0.1) is 12.1 Å². The molecule has 0 radical (unpaired) electrons. The maximum Gasteiger partial charge on any atom is 0.177 e. The van der Waals surface area contributed by atoms with Gasteiger partial charge in [-0.25, -0.2) is 15.0 Å². The number of aromatic amines is 1. The molecule has 2 aliphatic rings. The zero-order chi connectivity index (χ0) is 24.7. The van der Waals surface area contributed by atoms with Crippen molar-refractivity contribution in [2.45, 2.75) is 47.6 Å². The maximum absolute atomic E-state index is 6.16. The van der Waals surface area contributed by atoms with E-state index < -0.39 is 0 Å². The third-order valence-electron chi connectivity index (χ3n) is 7.12. The number of allylic oxidation sites excluding steroid dienone is 4. The lowest BCUT2D eigenvalue weighted by atomic mass is 9.73. The largest absolute Gasteiger partial charge is 0.491 e. The third kappa shape index (κ3) is 4.41. The van der Waals surface area contributed by atoms with Gasteiger partial charge in [0.2, 0.25) is 0 Å². The second kappa shape index (κ2) is 8.84. The lowest BCUT2D eigenvalue weighted by Crippen LogP contribution is -2.28. The van der Waals surface area contributed by atoms with Crippen LogP contribution in [-0.4, -0.2) is 39.2 Å². The average Bonchev–Trinajstić information content (AvgIpc) is 3.06. The van der Waals surface area contributed by atoms with Gasteiger partial charge in [-0.2, -0.15) is 0 Å². The van der Waals surface area contributed by atoms with Crippen LogP contribution < -0.4 is 4.74 Å². The minimum absolute atomic E-state index is 0.0785. The fourth-order valence-electron chi connectivity index (χ4n) is 4.87. The number of pyridine rings is 1. The first-order valence-corrected chi connectivity index (χ1v) is 12.2. The molecule has 0 bridgehead atoms. The molecule has 3 aromatic rings. The molecule has 6 heteroatoms. The Morgan fingerprint density at radius 1 is 1.23 bits per heavy atom. The van der Waals surface area contributed by atoms with Crippen LogP contribution in [-0.2, 0) is 6.54 Å². The molecule has 0 atom stereocenters. The molecule has 3 heterocycles. The molecular weight excluding hydrogens is 434 g/mol. The average molecular weight is 468 g/mol. The number of nitrogens with one attached hydrogen (secondary N) is 1. The normalized spacial score (nSPS) is 19.4. The quantitative estimate of drug-likeness (QED) is 0.455. The Hall–Kier alpha value is -3.67. The first-order valence-electron chi connectivity index (χ1n) is 12.2. The van der Waals surface area contributed by atoms with Crippen molar-refractivity contribution in [1.82, 2.24) is 19.9 Å². The number of aliphatic imine (C=N–C) groups is 1. The van der Waals surface area contributed by atoms with Gasteiger partial charge in [0, 0.05) is 35.7 Å². The van der Waals surface area contributed by atoms with E-state index in [0.717, 1.165) is 63.8 Å². The van der Waals surface area contributed by atoms with Crippen molar-refractivity contribution in [3.63, 3.8) is 0 Å². The number of ether oxygens (including phenoxy) is 1. The van der Waals surface area contributed by atoms with Crippen molar-refractivity contribution in [2.24, 2.45) is 10.4 Å². The highest BCUT2D eigenvalue weighted by Gasteiger charge is 2.30. The second-order valence-corrected chi connectivity index (χ2v) is 10.1. The predicted octanol–water partition coefficient (Wildman–Crippen LogP) is 6.36. The molecule has 0 fully saturated rings. The van der Waals surface area contributed by atoms with Crippen LogP contribution in [0.1, 0.15) is 45.5 Å². The summed E-state index contributed by atoms with van der Waals surface area (Å²) < 4.78 is 6.16. The lowest BCUT2D eigenvalue weighted by Gasteiger charge is -2.35. The minimum Gasteiger partial charge on any atom is -0.491 e. The Balaban J connectivity index is 1.53. The number of aryl methyl sites for hydroxylation is 1. The molecule has 6 nitrogen and oxygen atoms in total. The van der Waals surface area contributed by atoms with Gasteiger partial charge in [0.1, 0.15) is 24.0 Å². The molecule has 1 aliphatic carbocycles. The van der Waals surface area contributed by atoms with Crippen molar-refractivity contribution in [2.75, 3.05) is 13.2 Å². The molecule has 0 saturated heterocycles. The van der Waals surface area contributed by atoms with Gasteiger partial charge in [-0.15, -0.1) is 0 Å². The Kier molecular flexibility index (Phi) is 5.83. The van der Waals surface area contributed by atoms with Gasteiger partial charge >= 0.3 is 0 Å². The highest BCUT2D eigenvalue weighted by Crippen LogP contribution is 2.43. The third-order valence-corrected chi connectivity index (χ3v) is 7.12. The van der Waals surface area contributed by atoms with Crippen LogP contribution in [0.3, 0.4) is 0 Å². The maximum atomic E-state index is 6.16. The molecule has 2 aromatic heterocycles. The number of hydrogen-bond acceptors (Lipinski definition) is 5. The molecule has 0 unspecified atom stereocenters. The zero-order valence-corrected chi connectivity index (χ0v) is 21.3. The van der Waals surface area contributed by atoms with Gasteiger partial charge in [-0.05, 0) is 61.9 Å². The molecule has 0 amide bonds. The Labute approximate surface area is 207 Å². The number of aromatic nitrogens is 3. The van der Waals surface area contributed by atoms with Crippen LogP contribution in [0.15, 0.2) is 70.6 Å². The molecule has 5 rings (SSSR count). The standard InChI is InChI=1S/C29H33N5O/c1-7-30-28(24-15-29(5,6)19(3)12-18(24)2)34-10-11-35-26-9-8-21(13-23(26)17-34)22-14-25-27(31-16-22)33-20(4)32-25/h7-9,12-14,16H,2,10-11,15,17H2,1,3-6H3,(H,31,32,33)/b28-24+,30-7-. The zero-order valence-electron chi connectivity index (χ0n) is 21.3. The summed E-state index contributed by atoms with van der Waals surface area (Å²) >= 11 is 0. The minimum atomic E-state index is 0.0785. The lowest BCUT2D eigenvalue weighted by molar-refractivity contribution is 0.259. The number of nitrogens with zero attached hydrogens (tertiary/aromatic N) is 4. The van der Waals surface area contributed by atoms with E-state index in [2.05, 4.69) is 77.5 Å². The van der Waals surface area contributed by atoms with Gasteiger partial charge in [-0.3, -0.25) is 0 Å². The number of H-pyrrole nitrogens is 1.